The summed E-state index contributed by atoms with van der Waals surface area (Å²) in [6.45, 7) is 0.318. The molecule has 9 heteroatoms. The summed E-state index contributed by atoms with van der Waals surface area (Å²) in [4.78, 5) is 38.9. The number of nitrogens with zero attached hydrogens (tertiary/aromatic N) is 2. The Balaban J connectivity index is 1.73. The first-order chi connectivity index (χ1) is 14.2. The summed E-state index contributed by atoms with van der Waals surface area (Å²) in [7, 11) is 0. The van der Waals surface area contributed by atoms with Crippen molar-refractivity contribution in [3.05, 3.63) is 29.3 Å². The molecule has 4 rings (SSSR count). The molecule has 0 aromatic heterocycles. The number of benzene rings is 1. The van der Waals surface area contributed by atoms with Gasteiger partial charge in [-0.3, -0.25) is 19.8 Å². The van der Waals surface area contributed by atoms with E-state index in [1.165, 1.54) is 16.0 Å². The molecule has 162 valence electrons. The van der Waals surface area contributed by atoms with Crippen LogP contribution in [-0.4, -0.2) is 34.8 Å². The molecule has 1 aromatic carbocycles. The van der Waals surface area contributed by atoms with Gasteiger partial charge in [0.15, 0.2) is 0 Å². The Morgan fingerprint density at radius 3 is 2.30 bits per heavy atom. The van der Waals surface area contributed by atoms with Crippen LogP contribution in [-0.2, 0) is 15.8 Å². The Morgan fingerprint density at radius 1 is 1.00 bits per heavy atom. The number of alkyl halides is 3. The molecular formula is C21H24F3N3O3. The van der Waals surface area contributed by atoms with Gasteiger partial charge >= 0.3 is 6.18 Å². The largest absolute Gasteiger partial charge is 0.416 e. The van der Waals surface area contributed by atoms with Crippen molar-refractivity contribution in [2.24, 2.45) is 0 Å². The lowest BCUT2D eigenvalue weighted by molar-refractivity contribution is -0.137. The average molecular weight is 423 g/mol. The van der Waals surface area contributed by atoms with E-state index in [2.05, 4.69) is 5.43 Å². The first kappa shape index (κ1) is 20.7. The number of rotatable bonds is 2. The molecule has 1 aliphatic carbocycles. The van der Waals surface area contributed by atoms with Crippen LogP contribution in [0.25, 0.3) is 0 Å². The van der Waals surface area contributed by atoms with Crippen LogP contribution in [0, 0.1) is 0 Å². The van der Waals surface area contributed by atoms with Crippen LogP contribution in [0.1, 0.15) is 73.7 Å². The van der Waals surface area contributed by atoms with Gasteiger partial charge in [-0.05, 0) is 37.5 Å². The number of hydrazine groups is 1. The summed E-state index contributed by atoms with van der Waals surface area (Å²) in [6, 6.07) is 3.04. The molecule has 0 radical (unpaired) electrons. The van der Waals surface area contributed by atoms with E-state index < -0.39 is 23.2 Å². The second-order valence-electron chi connectivity index (χ2n) is 8.41. The van der Waals surface area contributed by atoms with Gasteiger partial charge in [0.05, 0.1) is 17.5 Å². The topological polar surface area (TPSA) is 69.7 Å². The number of hydrogen-bond donors (Lipinski definition) is 1. The number of carbonyl (C=O) groups excluding carboxylic acids is 3. The number of halogens is 3. The Bertz CT molecular complexity index is 876. The van der Waals surface area contributed by atoms with Crippen molar-refractivity contribution in [3.63, 3.8) is 0 Å². The van der Waals surface area contributed by atoms with E-state index in [-0.39, 0.29) is 35.9 Å². The first-order valence-corrected chi connectivity index (χ1v) is 10.4. The number of anilines is 1. The summed E-state index contributed by atoms with van der Waals surface area (Å²) in [5.74, 6) is -1.23. The Labute approximate surface area is 172 Å². The van der Waals surface area contributed by atoms with Crippen LogP contribution in [0.4, 0.5) is 18.9 Å². The molecule has 3 amide bonds. The van der Waals surface area contributed by atoms with Crippen molar-refractivity contribution in [2.75, 3.05) is 11.4 Å². The lowest BCUT2D eigenvalue weighted by atomic mass is 9.86. The van der Waals surface area contributed by atoms with E-state index in [4.69, 9.17) is 0 Å². The number of amides is 3. The average Bonchev–Trinajstić information content (AvgIpc) is 3.16. The maximum atomic E-state index is 13.5. The standard InChI is InChI=1S/C21H24F3N3O3/c22-21(23,24)15-10-14(11-16(12-15)26-9-5-6-18(26)29)19(30)27-20(13-17(28)25-27)7-3-1-2-4-8-20/h10-12H,1-9,13H2,(H,25,28). The van der Waals surface area contributed by atoms with Gasteiger partial charge in [0, 0.05) is 24.2 Å². The molecular weight excluding hydrogens is 399 g/mol. The van der Waals surface area contributed by atoms with Gasteiger partial charge < -0.3 is 4.90 Å². The van der Waals surface area contributed by atoms with Crippen molar-refractivity contribution in [1.82, 2.24) is 10.4 Å². The molecule has 1 spiro atoms. The molecule has 6 nitrogen and oxygen atoms in total. The highest BCUT2D eigenvalue weighted by molar-refractivity contribution is 6.01. The third kappa shape index (κ3) is 3.77. The first-order valence-electron chi connectivity index (χ1n) is 10.4. The quantitative estimate of drug-likeness (QED) is 0.787. The molecule has 2 heterocycles. The predicted octanol–water partition coefficient (Wildman–Crippen LogP) is 3.80. The molecule has 0 unspecified atom stereocenters. The molecule has 3 fully saturated rings. The molecule has 2 saturated heterocycles. The van der Waals surface area contributed by atoms with Crippen molar-refractivity contribution in [2.45, 2.75) is 69.5 Å². The SMILES string of the molecule is O=C1CC2(CCCCCC2)N(C(=O)c2cc(N3CCCC3=O)cc(C(F)(F)F)c2)N1. The van der Waals surface area contributed by atoms with Crippen molar-refractivity contribution in [1.29, 1.82) is 0 Å². The summed E-state index contributed by atoms with van der Waals surface area (Å²) in [6.07, 6.45) is 1.31. The molecule has 1 aromatic rings. The summed E-state index contributed by atoms with van der Waals surface area (Å²) >= 11 is 0. The lowest BCUT2D eigenvalue weighted by Gasteiger charge is -2.36. The highest BCUT2D eigenvalue weighted by atomic mass is 19.4. The number of carbonyl (C=O) groups is 3. The van der Waals surface area contributed by atoms with Gasteiger partial charge in [-0.15, -0.1) is 0 Å². The Hall–Kier alpha value is -2.58. The van der Waals surface area contributed by atoms with Gasteiger partial charge in [0.2, 0.25) is 11.8 Å². The van der Waals surface area contributed by atoms with Crippen molar-refractivity contribution in [3.8, 4) is 0 Å². The zero-order valence-corrected chi connectivity index (χ0v) is 16.6. The molecule has 1 N–H and O–H groups in total. The van der Waals surface area contributed by atoms with E-state index in [1.807, 2.05) is 0 Å². The number of hydrogen-bond acceptors (Lipinski definition) is 3. The van der Waals surface area contributed by atoms with Gasteiger partial charge in [-0.1, -0.05) is 25.7 Å². The van der Waals surface area contributed by atoms with Gasteiger partial charge in [0.25, 0.3) is 5.91 Å². The van der Waals surface area contributed by atoms with Gasteiger partial charge in [-0.2, -0.15) is 13.2 Å². The van der Waals surface area contributed by atoms with Crippen LogP contribution in [0.3, 0.4) is 0 Å². The fraction of sp³-hybridized carbons (Fsp3) is 0.571. The molecule has 3 aliphatic rings. The third-order valence-corrected chi connectivity index (χ3v) is 6.31. The fourth-order valence-electron chi connectivity index (χ4n) is 4.82. The van der Waals surface area contributed by atoms with Crippen molar-refractivity contribution < 1.29 is 27.6 Å². The maximum absolute atomic E-state index is 13.5. The van der Waals surface area contributed by atoms with E-state index >= 15 is 0 Å². The molecule has 0 bridgehead atoms. The summed E-state index contributed by atoms with van der Waals surface area (Å²) in [5, 5.41) is 1.26. The molecule has 2 aliphatic heterocycles. The van der Waals surface area contributed by atoms with Crippen LogP contribution >= 0.6 is 0 Å². The zero-order valence-electron chi connectivity index (χ0n) is 16.6. The second kappa shape index (κ2) is 7.59. The maximum Gasteiger partial charge on any atom is 0.416 e. The Morgan fingerprint density at radius 2 is 1.70 bits per heavy atom. The molecule has 0 atom stereocenters. The van der Waals surface area contributed by atoms with E-state index in [9.17, 15) is 27.6 Å². The van der Waals surface area contributed by atoms with Crippen LogP contribution in [0.15, 0.2) is 18.2 Å². The van der Waals surface area contributed by atoms with Gasteiger partial charge in [0.1, 0.15) is 0 Å². The zero-order chi connectivity index (χ0) is 21.5. The third-order valence-electron chi connectivity index (χ3n) is 6.31. The smallest absolute Gasteiger partial charge is 0.312 e. The summed E-state index contributed by atoms with van der Waals surface area (Å²) in [5.41, 5.74) is 0.781. The van der Waals surface area contributed by atoms with Crippen LogP contribution in [0.5, 0.6) is 0 Å². The highest BCUT2D eigenvalue weighted by Crippen LogP contribution is 2.40. The van der Waals surface area contributed by atoms with E-state index in [1.54, 1.807) is 0 Å². The fourth-order valence-corrected chi connectivity index (χ4v) is 4.82. The minimum Gasteiger partial charge on any atom is -0.312 e. The van der Waals surface area contributed by atoms with Crippen LogP contribution in [0.2, 0.25) is 0 Å². The second-order valence-corrected chi connectivity index (χ2v) is 8.41. The molecule has 30 heavy (non-hydrogen) atoms. The van der Waals surface area contributed by atoms with Gasteiger partial charge in [-0.25, -0.2) is 5.01 Å². The molecule has 1 saturated carbocycles. The normalized spacial score (nSPS) is 21.8. The predicted molar refractivity (Wildman–Crippen MR) is 102 cm³/mol. The summed E-state index contributed by atoms with van der Waals surface area (Å²) < 4.78 is 40.6. The minimum absolute atomic E-state index is 0.0658. The number of nitrogens with one attached hydrogen (secondary N) is 1. The van der Waals surface area contributed by atoms with Crippen molar-refractivity contribution >= 4 is 23.4 Å². The highest BCUT2D eigenvalue weighted by Gasteiger charge is 2.48. The monoisotopic (exact) mass is 423 g/mol. The lowest BCUT2D eigenvalue weighted by Crippen LogP contribution is -2.51. The Kier molecular flexibility index (Phi) is 5.23. The van der Waals surface area contributed by atoms with Crippen LogP contribution < -0.4 is 10.3 Å². The van der Waals surface area contributed by atoms with E-state index in [0.29, 0.717) is 25.8 Å². The minimum atomic E-state index is -4.66. The van der Waals surface area contributed by atoms with E-state index in [0.717, 1.165) is 37.8 Å².